The lowest BCUT2D eigenvalue weighted by Crippen LogP contribution is -2.57. The van der Waals surface area contributed by atoms with E-state index in [2.05, 4.69) is 10.6 Å². The van der Waals surface area contributed by atoms with E-state index in [1.165, 1.54) is 4.90 Å². The summed E-state index contributed by atoms with van der Waals surface area (Å²) >= 11 is 0. The largest absolute Gasteiger partial charge is 0.481 e. The second-order valence-corrected chi connectivity index (χ2v) is 8.14. The van der Waals surface area contributed by atoms with E-state index in [0.29, 0.717) is 45.2 Å². The van der Waals surface area contributed by atoms with Gasteiger partial charge >= 0.3 is 11.9 Å². The van der Waals surface area contributed by atoms with Crippen LogP contribution in [0.1, 0.15) is 51.4 Å². The van der Waals surface area contributed by atoms with Crippen LogP contribution in [0, 0.1) is 0 Å². The average molecular weight is 487 g/mol. The Kier molecular flexibility index (Phi) is 11.9. The van der Waals surface area contributed by atoms with Crippen LogP contribution in [0.15, 0.2) is 0 Å². The molecule has 0 aromatic rings. The van der Waals surface area contributed by atoms with Crippen molar-refractivity contribution in [2.45, 2.75) is 75.5 Å². The number of nitrogens with zero attached hydrogens (tertiary/aromatic N) is 1. The number of carboxylic acid groups (broad SMARTS) is 2. The number of carbonyl (C=O) groups excluding carboxylic acids is 4. The maximum atomic E-state index is 12.9. The first kappa shape index (κ1) is 28.8. The molecule has 14 nitrogen and oxygen atoms in total. The molecule has 1 fully saturated rings. The predicted molar refractivity (Wildman–Crippen MR) is 118 cm³/mol. The highest BCUT2D eigenvalue weighted by Gasteiger charge is 2.38. The number of nitrogens with one attached hydrogen (secondary N) is 2. The normalized spacial score (nSPS) is 17.9. The molecule has 4 atom stereocenters. The fraction of sp³-hybridized carbons (Fsp3) is 0.700. The maximum Gasteiger partial charge on any atom is 0.326 e. The van der Waals surface area contributed by atoms with Crippen molar-refractivity contribution in [1.82, 2.24) is 15.5 Å². The van der Waals surface area contributed by atoms with E-state index in [1.807, 2.05) is 0 Å². The molecule has 0 spiro atoms. The van der Waals surface area contributed by atoms with Gasteiger partial charge in [-0.2, -0.15) is 0 Å². The number of nitrogens with two attached hydrogens (primary N) is 3. The quantitative estimate of drug-likeness (QED) is 0.117. The summed E-state index contributed by atoms with van der Waals surface area (Å²) in [5.41, 5.74) is 16.4. The highest BCUT2D eigenvalue weighted by atomic mass is 16.4. The Morgan fingerprint density at radius 2 is 1.68 bits per heavy atom. The molecule has 192 valence electrons. The Morgan fingerprint density at radius 3 is 2.24 bits per heavy atom. The highest BCUT2D eigenvalue weighted by Crippen LogP contribution is 2.20. The topological polar surface area (TPSA) is 248 Å². The van der Waals surface area contributed by atoms with Gasteiger partial charge in [0.05, 0.1) is 12.5 Å². The number of hydrogen-bond acceptors (Lipinski definition) is 8. The van der Waals surface area contributed by atoms with Crippen LogP contribution in [-0.2, 0) is 28.8 Å². The molecule has 10 N–H and O–H groups in total. The maximum absolute atomic E-state index is 12.9. The van der Waals surface area contributed by atoms with Gasteiger partial charge < -0.3 is 42.9 Å². The number of hydrogen-bond donors (Lipinski definition) is 7. The number of carbonyl (C=O) groups is 6. The number of rotatable bonds is 15. The van der Waals surface area contributed by atoms with E-state index in [9.17, 15) is 33.9 Å². The van der Waals surface area contributed by atoms with Crippen molar-refractivity contribution in [3.05, 3.63) is 0 Å². The minimum Gasteiger partial charge on any atom is -0.481 e. The van der Waals surface area contributed by atoms with Gasteiger partial charge in [-0.1, -0.05) is 6.42 Å². The molecule has 0 aromatic carbocycles. The molecule has 34 heavy (non-hydrogen) atoms. The van der Waals surface area contributed by atoms with Crippen LogP contribution in [0.4, 0.5) is 0 Å². The number of likely N-dealkylation sites (tertiary alicyclic amines) is 1. The zero-order valence-electron chi connectivity index (χ0n) is 18.9. The van der Waals surface area contributed by atoms with Crippen molar-refractivity contribution in [1.29, 1.82) is 0 Å². The summed E-state index contributed by atoms with van der Waals surface area (Å²) in [5, 5.41) is 22.7. The lowest BCUT2D eigenvalue weighted by Gasteiger charge is -2.28. The van der Waals surface area contributed by atoms with Gasteiger partial charge in [-0.15, -0.1) is 0 Å². The summed E-state index contributed by atoms with van der Waals surface area (Å²) < 4.78 is 0. The van der Waals surface area contributed by atoms with Crippen molar-refractivity contribution in [2.75, 3.05) is 13.1 Å². The second-order valence-electron chi connectivity index (χ2n) is 8.14. The third-order valence-corrected chi connectivity index (χ3v) is 5.42. The third kappa shape index (κ3) is 9.31. The fourth-order valence-corrected chi connectivity index (χ4v) is 3.63. The summed E-state index contributed by atoms with van der Waals surface area (Å²) in [6.07, 6.45) is 1.10. The zero-order chi connectivity index (χ0) is 25.8. The van der Waals surface area contributed by atoms with Gasteiger partial charge in [0, 0.05) is 13.0 Å². The molecule has 0 saturated carbocycles. The minimum absolute atomic E-state index is 0.299. The number of unbranched alkanes of at least 4 members (excludes halogenated alkanes) is 1. The summed E-state index contributed by atoms with van der Waals surface area (Å²) in [7, 11) is 0. The first-order valence-corrected chi connectivity index (χ1v) is 11.1. The molecule has 0 radical (unpaired) electrons. The molecule has 0 bridgehead atoms. The standard InChI is InChI=1S/C20H34N6O8/c21-8-2-1-4-11(22)19(32)26-9-3-5-14(26)18(31)24-12(6-7-16(28)29)17(30)25-13(20(33)34)10-15(23)27/h11-14H,1-10,21-22H2,(H2,23,27)(H,24,31)(H,25,30)(H,28,29)(H,33,34). The Hall–Kier alpha value is -3.26. The van der Waals surface area contributed by atoms with Crippen molar-refractivity contribution in [3.63, 3.8) is 0 Å². The molecule has 1 heterocycles. The number of aliphatic carboxylic acids is 2. The SMILES string of the molecule is NCCCCC(N)C(=O)N1CCCC1C(=O)NC(CCC(=O)O)C(=O)NC(CC(N)=O)C(=O)O. The highest BCUT2D eigenvalue weighted by molar-refractivity contribution is 5.95. The van der Waals surface area contributed by atoms with Gasteiger partial charge in [-0.25, -0.2) is 4.79 Å². The van der Waals surface area contributed by atoms with Gasteiger partial charge in [-0.05, 0) is 38.6 Å². The lowest BCUT2D eigenvalue weighted by molar-refractivity contribution is -0.144. The van der Waals surface area contributed by atoms with Gasteiger partial charge in [0.1, 0.15) is 18.1 Å². The van der Waals surface area contributed by atoms with Gasteiger partial charge in [0.15, 0.2) is 0 Å². The molecule has 1 rings (SSSR count). The minimum atomic E-state index is -1.65. The summed E-state index contributed by atoms with van der Waals surface area (Å²) in [4.78, 5) is 73.0. The third-order valence-electron chi connectivity index (χ3n) is 5.42. The monoisotopic (exact) mass is 486 g/mol. The molecule has 1 saturated heterocycles. The Labute approximate surface area is 196 Å². The molecule has 0 aliphatic carbocycles. The van der Waals surface area contributed by atoms with Crippen LogP contribution < -0.4 is 27.8 Å². The van der Waals surface area contributed by atoms with Crippen LogP contribution >= 0.6 is 0 Å². The Bertz CT molecular complexity index is 776. The van der Waals surface area contributed by atoms with E-state index in [1.54, 1.807) is 0 Å². The van der Waals surface area contributed by atoms with Crippen molar-refractivity contribution in [2.24, 2.45) is 17.2 Å². The van der Waals surface area contributed by atoms with Gasteiger partial charge in [-0.3, -0.25) is 24.0 Å². The molecule has 14 heteroatoms. The molecule has 0 aromatic heterocycles. The number of amides is 4. The first-order valence-electron chi connectivity index (χ1n) is 11.1. The lowest BCUT2D eigenvalue weighted by atomic mass is 10.1. The molecule has 4 amide bonds. The van der Waals surface area contributed by atoms with Crippen LogP contribution in [0.3, 0.4) is 0 Å². The van der Waals surface area contributed by atoms with E-state index in [-0.39, 0.29) is 6.42 Å². The molecular formula is C20H34N6O8. The van der Waals surface area contributed by atoms with Crippen molar-refractivity contribution >= 4 is 35.6 Å². The Morgan fingerprint density at radius 1 is 1.00 bits per heavy atom. The molecule has 1 aliphatic rings. The van der Waals surface area contributed by atoms with Crippen LogP contribution in [0.2, 0.25) is 0 Å². The van der Waals surface area contributed by atoms with Crippen LogP contribution in [-0.4, -0.2) is 87.9 Å². The number of primary amides is 1. The number of carboxylic acids is 2. The Balaban J connectivity index is 2.91. The van der Waals surface area contributed by atoms with E-state index in [4.69, 9.17) is 22.3 Å². The van der Waals surface area contributed by atoms with Gasteiger partial charge in [0.25, 0.3) is 0 Å². The average Bonchev–Trinajstić information content (AvgIpc) is 3.24. The second kappa shape index (κ2) is 14.1. The van der Waals surface area contributed by atoms with Crippen molar-refractivity contribution in [3.8, 4) is 0 Å². The predicted octanol–water partition coefficient (Wildman–Crippen LogP) is -2.77. The van der Waals surface area contributed by atoms with E-state index in [0.717, 1.165) is 0 Å². The molecule has 4 unspecified atom stereocenters. The van der Waals surface area contributed by atoms with E-state index >= 15 is 0 Å². The summed E-state index contributed by atoms with van der Waals surface area (Å²) in [6.45, 7) is 0.769. The van der Waals surface area contributed by atoms with Crippen LogP contribution in [0.25, 0.3) is 0 Å². The first-order chi connectivity index (χ1) is 16.0. The van der Waals surface area contributed by atoms with Crippen molar-refractivity contribution < 1.29 is 39.0 Å². The molecule has 1 aliphatic heterocycles. The molecular weight excluding hydrogens is 452 g/mol. The zero-order valence-corrected chi connectivity index (χ0v) is 18.9. The smallest absolute Gasteiger partial charge is 0.326 e. The van der Waals surface area contributed by atoms with Crippen LogP contribution in [0.5, 0.6) is 0 Å². The summed E-state index contributed by atoms with van der Waals surface area (Å²) in [6, 6.07) is -4.77. The van der Waals surface area contributed by atoms with Gasteiger partial charge in [0.2, 0.25) is 23.6 Å². The summed E-state index contributed by atoms with van der Waals surface area (Å²) in [5.74, 6) is -5.81. The fourth-order valence-electron chi connectivity index (χ4n) is 3.63. The van der Waals surface area contributed by atoms with E-state index < -0.39 is 72.6 Å².